The Kier molecular flexibility index (Phi) is 4.20. The Bertz CT molecular complexity index is 589. The summed E-state index contributed by atoms with van der Waals surface area (Å²) in [6, 6.07) is 8.90. The highest BCUT2D eigenvalue weighted by molar-refractivity contribution is 5.95. The monoisotopic (exact) mass is 271 g/mol. The van der Waals surface area contributed by atoms with Gasteiger partial charge in [0.05, 0.1) is 7.11 Å². The second kappa shape index (κ2) is 6.06. The molecular weight excluding hydrogens is 254 g/mol. The van der Waals surface area contributed by atoms with Crippen molar-refractivity contribution < 1.29 is 9.53 Å². The number of aromatic nitrogens is 1. The zero-order valence-corrected chi connectivity index (χ0v) is 11.5. The van der Waals surface area contributed by atoms with Crippen molar-refractivity contribution >= 4 is 11.6 Å². The summed E-state index contributed by atoms with van der Waals surface area (Å²) in [7, 11) is 1.56. The summed E-state index contributed by atoms with van der Waals surface area (Å²) >= 11 is 0. The summed E-state index contributed by atoms with van der Waals surface area (Å²) < 4.78 is 4.98. The smallest absolute Gasteiger partial charge is 0.251 e. The summed E-state index contributed by atoms with van der Waals surface area (Å²) in [4.78, 5) is 16.1. The molecule has 0 aliphatic heterocycles. The first-order valence-electron chi connectivity index (χ1n) is 6.23. The van der Waals surface area contributed by atoms with E-state index in [0.717, 1.165) is 11.1 Å². The molecule has 5 heteroatoms. The molecule has 0 fully saturated rings. The second-order valence-electron chi connectivity index (χ2n) is 4.52. The molecule has 1 aromatic heterocycles. The number of hydrogen-bond acceptors (Lipinski definition) is 4. The number of anilines is 1. The number of nitrogens with zero attached hydrogens (tertiary/aromatic N) is 1. The van der Waals surface area contributed by atoms with Gasteiger partial charge in [-0.15, -0.1) is 0 Å². The fourth-order valence-corrected chi connectivity index (χ4v) is 1.86. The van der Waals surface area contributed by atoms with Crippen molar-refractivity contribution in [3.8, 4) is 5.88 Å². The van der Waals surface area contributed by atoms with Crippen LogP contribution in [-0.4, -0.2) is 18.0 Å². The lowest BCUT2D eigenvalue weighted by Crippen LogP contribution is -2.23. The number of hydrogen-bond donors (Lipinski definition) is 2. The SMILES string of the molecule is COc1ccc(CNC(=O)c2cc(C)cc(N)c2)cn1. The van der Waals surface area contributed by atoms with Crippen molar-refractivity contribution in [2.45, 2.75) is 13.5 Å². The third-order valence-corrected chi connectivity index (χ3v) is 2.82. The Morgan fingerprint density at radius 3 is 2.75 bits per heavy atom. The molecule has 0 radical (unpaired) electrons. The Balaban J connectivity index is 2.00. The molecule has 1 aromatic carbocycles. The molecule has 1 heterocycles. The first-order valence-corrected chi connectivity index (χ1v) is 6.23. The number of carbonyl (C=O) groups excluding carboxylic acids is 1. The Labute approximate surface area is 117 Å². The highest BCUT2D eigenvalue weighted by Crippen LogP contribution is 2.11. The van der Waals surface area contributed by atoms with Crippen molar-refractivity contribution in [1.82, 2.24) is 10.3 Å². The zero-order valence-electron chi connectivity index (χ0n) is 11.5. The molecule has 0 aliphatic rings. The van der Waals surface area contributed by atoms with Crippen LogP contribution in [0.25, 0.3) is 0 Å². The largest absolute Gasteiger partial charge is 0.481 e. The summed E-state index contributed by atoms with van der Waals surface area (Å²) in [6.45, 7) is 2.31. The van der Waals surface area contributed by atoms with Gasteiger partial charge in [-0.2, -0.15) is 0 Å². The van der Waals surface area contributed by atoms with Crippen molar-refractivity contribution in [1.29, 1.82) is 0 Å². The molecule has 1 amide bonds. The van der Waals surface area contributed by atoms with Gasteiger partial charge in [0, 0.05) is 30.1 Å². The first-order chi connectivity index (χ1) is 9.58. The number of carbonyl (C=O) groups is 1. The molecule has 2 rings (SSSR count). The third kappa shape index (κ3) is 3.47. The Morgan fingerprint density at radius 2 is 2.15 bits per heavy atom. The van der Waals surface area contributed by atoms with Crippen LogP contribution in [0.3, 0.4) is 0 Å². The van der Waals surface area contributed by atoms with E-state index in [2.05, 4.69) is 10.3 Å². The van der Waals surface area contributed by atoms with Crippen LogP contribution in [0.15, 0.2) is 36.5 Å². The van der Waals surface area contributed by atoms with Gasteiger partial charge in [0.2, 0.25) is 5.88 Å². The average molecular weight is 271 g/mol. The minimum absolute atomic E-state index is 0.156. The maximum absolute atomic E-state index is 12.0. The van der Waals surface area contributed by atoms with Crippen LogP contribution in [0, 0.1) is 6.92 Å². The highest BCUT2D eigenvalue weighted by Gasteiger charge is 2.07. The number of rotatable bonds is 4. The Morgan fingerprint density at radius 1 is 1.35 bits per heavy atom. The third-order valence-electron chi connectivity index (χ3n) is 2.82. The van der Waals surface area contributed by atoms with E-state index in [4.69, 9.17) is 10.5 Å². The summed E-state index contributed by atoms with van der Waals surface area (Å²) in [5.41, 5.74) is 8.74. The van der Waals surface area contributed by atoms with E-state index in [9.17, 15) is 4.79 Å². The number of nitrogens with two attached hydrogens (primary N) is 1. The molecular formula is C15H17N3O2. The van der Waals surface area contributed by atoms with Crippen molar-refractivity contribution in [2.75, 3.05) is 12.8 Å². The van der Waals surface area contributed by atoms with Crippen LogP contribution in [0.2, 0.25) is 0 Å². The van der Waals surface area contributed by atoms with E-state index in [1.807, 2.05) is 19.1 Å². The van der Waals surface area contributed by atoms with Crippen molar-refractivity contribution in [3.63, 3.8) is 0 Å². The van der Waals surface area contributed by atoms with Crippen LogP contribution >= 0.6 is 0 Å². The van der Waals surface area contributed by atoms with Gasteiger partial charge in [-0.25, -0.2) is 4.98 Å². The lowest BCUT2D eigenvalue weighted by Gasteiger charge is -2.07. The first kappa shape index (κ1) is 13.9. The van der Waals surface area contributed by atoms with Gasteiger partial charge in [-0.05, 0) is 36.2 Å². The molecule has 0 saturated carbocycles. The number of methoxy groups -OCH3 is 1. The molecule has 0 bridgehead atoms. The molecule has 20 heavy (non-hydrogen) atoms. The van der Waals surface area contributed by atoms with Gasteiger partial charge in [0.25, 0.3) is 5.91 Å². The average Bonchev–Trinajstić information content (AvgIpc) is 2.44. The number of amides is 1. The second-order valence-corrected chi connectivity index (χ2v) is 4.52. The molecule has 0 unspecified atom stereocenters. The predicted octanol–water partition coefficient (Wildman–Crippen LogP) is 1.91. The van der Waals surface area contributed by atoms with Crippen LogP contribution in [0.4, 0.5) is 5.69 Å². The van der Waals surface area contributed by atoms with Gasteiger partial charge in [-0.3, -0.25) is 4.79 Å². The van der Waals surface area contributed by atoms with Crippen LogP contribution in [-0.2, 0) is 6.54 Å². The molecule has 3 N–H and O–H groups in total. The Hall–Kier alpha value is -2.56. The molecule has 0 spiro atoms. The fraction of sp³-hybridized carbons (Fsp3) is 0.200. The predicted molar refractivity (Wildman–Crippen MR) is 77.6 cm³/mol. The van der Waals surface area contributed by atoms with Gasteiger partial charge in [-0.1, -0.05) is 6.07 Å². The molecule has 104 valence electrons. The normalized spacial score (nSPS) is 10.1. The molecule has 0 atom stereocenters. The van der Waals surface area contributed by atoms with Crippen molar-refractivity contribution in [2.24, 2.45) is 0 Å². The van der Waals surface area contributed by atoms with Crippen LogP contribution in [0.1, 0.15) is 21.5 Å². The quantitative estimate of drug-likeness (QED) is 0.833. The summed E-state index contributed by atoms with van der Waals surface area (Å²) in [5, 5.41) is 2.83. The zero-order chi connectivity index (χ0) is 14.5. The van der Waals surface area contributed by atoms with E-state index < -0.39 is 0 Å². The number of nitrogen functional groups attached to an aromatic ring is 1. The van der Waals surface area contributed by atoms with Crippen LogP contribution < -0.4 is 15.8 Å². The number of pyridine rings is 1. The van der Waals surface area contributed by atoms with E-state index in [0.29, 0.717) is 23.7 Å². The van der Waals surface area contributed by atoms with E-state index in [1.54, 1.807) is 31.5 Å². The topological polar surface area (TPSA) is 77.2 Å². The van der Waals surface area contributed by atoms with Gasteiger partial charge < -0.3 is 15.8 Å². The molecule has 0 saturated heterocycles. The number of benzene rings is 1. The maximum Gasteiger partial charge on any atom is 0.251 e. The van der Waals surface area contributed by atoms with E-state index in [1.165, 1.54) is 0 Å². The lowest BCUT2D eigenvalue weighted by atomic mass is 10.1. The molecule has 0 aliphatic carbocycles. The standard InChI is InChI=1S/C15H17N3O2/c1-10-5-12(7-13(16)6-10)15(19)18-9-11-3-4-14(20-2)17-8-11/h3-8H,9,16H2,1-2H3,(H,18,19). The minimum Gasteiger partial charge on any atom is -0.481 e. The maximum atomic E-state index is 12.0. The lowest BCUT2D eigenvalue weighted by molar-refractivity contribution is 0.0951. The van der Waals surface area contributed by atoms with Gasteiger partial charge in [0.1, 0.15) is 0 Å². The van der Waals surface area contributed by atoms with Gasteiger partial charge >= 0.3 is 0 Å². The fourth-order valence-electron chi connectivity index (χ4n) is 1.86. The number of nitrogens with one attached hydrogen (secondary N) is 1. The number of ether oxygens (including phenoxy) is 1. The summed E-state index contributed by atoms with van der Waals surface area (Å²) in [6.07, 6.45) is 1.67. The van der Waals surface area contributed by atoms with E-state index >= 15 is 0 Å². The molecule has 5 nitrogen and oxygen atoms in total. The summed E-state index contributed by atoms with van der Waals surface area (Å²) in [5.74, 6) is 0.391. The van der Waals surface area contributed by atoms with Crippen LogP contribution in [0.5, 0.6) is 5.88 Å². The molecule has 2 aromatic rings. The van der Waals surface area contributed by atoms with Crippen molar-refractivity contribution in [3.05, 3.63) is 53.2 Å². The highest BCUT2D eigenvalue weighted by atomic mass is 16.5. The minimum atomic E-state index is -0.156. The van der Waals surface area contributed by atoms with E-state index in [-0.39, 0.29) is 5.91 Å². The van der Waals surface area contributed by atoms with Gasteiger partial charge in [0.15, 0.2) is 0 Å². The number of aryl methyl sites for hydroxylation is 1.